The monoisotopic (exact) mass is 514 g/mol. The molecule has 2 heterocycles. The van der Waals surface area contributed by atoms with Gasteiger partial charge in [0.15, 0.2) is 13.0 Å². The Morgan fingerprint density at radius 2 is 1.71 bits per heavy atom. The van der Waals surface area contributed by atoms with Gasteiger partial charge in [-0.05, 0) is 0 Å². The van der Waals surface area contributed by atoms with Crippen LogP contribution in [0, 0.1) is 0 Å². The molecule has 0 saturated carbocycles. The SMILES string of the molecule is O=c1ccn([C@@H]2O[C@H](COP(=O)(OCO)OP(=O)(O)OP(=O)(O)O)[C@@H](O)[C@H]2O)c(=O)[nH]1. The first-order valence-electron chi connectivity index (χ1n) is 7.80. The fourth-order valence-electron chi connectivity index (χ4n) is 2.32. The van der Waals surface area contributed by atoms with Crippen LogP contribution in [0.4, 0.5) is 0 Å². The molecular formula is C10H17N2O16P3. The third kappa shape index (κ3) is 7.21. The minimum absolute atomic E-state index is 0.714. The van der Waals surface area contributed by atoms with Crippen molar-refractivity contribution in [1.29, 1.82) is 0 Å². The Hall–Kier alpha value is -1.07. The number of rotatable bonds is 10. The molecular weight excluding hydrogens is 497 g/mol. The van der Waals surface area contributed by atoms with Crippen molar-refractivity contribution in [3.05, 3.63) is 33.1 Å². The van der Waals surface area contributed by atoms with E-state index in [-0.39, 0.29) is 0 Å². The quantitative estimate of drug-likeness (QED) is 0.125. The highest BCUT2D eigenvalue weighted by atomic mass is 31.3. The average Bonchev–Trinajstić information content (AvgIpc) is 2.86. The molecule has 0 bridgehead atoms. The van der Waals surface area contributed by atoms with E-state index in [1.54, 1.807) is 0 Å². The summed E-state index contributed by atoms with van der Waals surface area (Å²) in [4.78, 5) is 51.2. The molecule has 0 amide bonds. The number of H-pyrrole nitrogens is 1. The van der Waals surface area contributed by atoms with E-state index in [0.717, 1.165) is 12.3 Å². The third-order valence-electron chi connectivity index (χ3n) is 3.49. The van der Waals surface area contributed by atoms with Crippen LogP contribution in [-0.4, -0.2) is 71.3 Å². The van der Waals surface area contributed by atoms with Gasteiger partial charge in [0.05, 0.1) is 6.61 Å². The number of aliphatic hydroxyl groups is 3. The number of phosphoric ester groups is 1. The summed E-state index contributed by atoms with van der Waals surface area (Å²) in [7, 11) is -16.6. The number of nitrogens with zero attached hydrogens (tertiary/aromatic N) is 1. The zero-order valence-electron chi connectivity index (χ0n) is 14.9. The number of nitrogens with one attached hydrogen (secondary N) is 1. The average molecular weight is 514 g/mol. The van der Waals surface area contributed by atoms with Gasteiger partial charge >= 0.3 is 29.2 Å². The van der Waals surface area contributed by atoms with Gasteiger partial charge < -0.3 is 34.7 Å². The number of hydrogen-bond donors (Lipinski definition) is 7. The number of aromatic amines is 1. The Balaban J connectivity index is 2.14. The smallest absolute Gasteiger partial charge is 0.387 e. The van der Waals surface area contributed by atoms with Crippen LogP contribution in [0.15, 0.2) is 21.9 Å². The van der Waals surface area contributed by atoms with Crippen LogP contribution in [0.25, 0.3) is 0 Å². The molecule has 0 aliphatic carbocycles. The first kappa shape index (κ1) is 26.2. The van der Waals surface area contributed by atoms with Gasteiger partial charge in [-0.1, -0.05) is 0 Å². The van der Waals surface area contributed by atoms with Gasteiger partial charge in [-0.25, -0.2) is 18.5 Å². The van der Waals surface area contributed by atoms with E-state index in [1.807, 2.05) is 4.98 Å². The van der Waals surface area contributed by atoms with E-state index in [9.17, 15) is 38.4 Å². The maximum atomic E-state index is 12.3. The van der Waals surface area contributed by atoms with Crippen LogP contribution in [-0.2, 0) is 36.1 Å². The summed E-state index contributed by atoms with van der Waals surface area (Å²) in [5.74, 6) is 0. The maximum Gasteiger partial charge on any atom is 0.490 e. The molecule has 178 valence electrons. The summed E-state index contributed by atoms with van der Waals surface area (Å²) < 4.78 is 56.6. The van der Waals surface area contributed by atoms with Crippen molar-refractivity contribution in [2.75, 3.05) is 13.4 Å². The zero-order chi connectivity index (χ0) is 23.6. The summed E-state index contributed by atoms with van der Waals surface area (Å²) in [5, 5.41) is 28.9. The Kier molecular flexibility index (Phi) is 8.30. The molecule has 1 fully saturated rings. The molecule has 7 N–H and O–H groups in total. The zero-order valence-corrected chi connectivity index (χ0v) is 17.6. The van der Waals surface area contributed by atoms with Crippen LogP contribution in [0.5, 0.6) is 0 Å². The lowest BCUT2D eigenvalue weighted by Gasteiger charge is -2.21. The Bertz CT molecular complexity index is 1030. The molecule has 0 aromatic carbocycles. The van der Waals surface area contributed by atoms with Crippen molar-refractivity contribution in [3.8, 4) is 0 Å². The van der Waals surface area contributed by atoms with Gasteiger partial charge in [0.1, 0.15) is 18.3 Å². The largest absolute Gasteiger partial charge is 0.490 e. The second kappa shape index (κ2) is 9.82. The normalized spacial score (nSPS) is 28.2. The lowest BCUT2D eigenvalue weighted by molar-refractivity contribution is -0.0570. The number of aliphatic hydroxyl groups excluding tert-OH is 3. The fourth-order valence-corrected chi connectivity index (χ4v) is 5.72. The molecule has 1 saturated heterocycles. The minimum Gasteiger partial charge on any atom is -0.387 e. The Labute approximate surface area is 171 Å². The van der Waals surface area contributed by atoms with Crippen LogP contribution >= 0.6 is 23.5 Å². The topological polar surface area (TPSA) is 274 Å². The van der Waals surface area contributed by atoms with E-state index in [4.69, 9.17) is 19.6 Å². The molecule has 31 heavy (non-hydrogen) atoms. The molecule has 0 spiro atoms. The molecule has 21 heteroatoms. The minimum atomic E-state index is -5.74. The van der Waals surface area contributed by atoms with Gasteiger partial charge in [0, 0.05) is 12.3 Å². The van der Waals surface area contributed by atoms with Gasteiger partial charge in [-0.3, -0.25) is 23.4 Å². The summed E-state index contributed by atoms with van der Waals surface area (Å²) in [6, 6.07) is 0.921. The molecule has 1 aliphatic rings. The molecule has 2 rings (SSSR count). The van der Waals surface area contributed by atoms with Crippen molar-refractivity contribution < 1.29 is 66.1 Å². The van der Waals surface area contributed by atoms with E-state index in [2.05, 4.69) is 17.7 Å². The van der Waals surface area contributed by atoms with Gasteiger partial charge in [-0.15, -0.1) is 0 Å². The van der Waals surface area contributed by atoms with Crippen LogP contribution in [0.1, 0.15) is 6.23 Å². The van der Waals surface area contributed by atoms with E-state index < -0.39 is 72.7 Å². The van der Waals surface area contributed by atoms with Crippen LogP contribution in [0.2, 0.25) is 0 Å². The van der Waals surface area contributed by atoms with E-state index >= 15 is 0 Å². The third-order valence-corrected chi connectivity index (χ3v) is 7.69. The second-order valence-electron chi connectivity index (χ2n) is 5.69. The second-order valence-corrected chi connectivity index (χ2v) is 10.3. The molecule has 1 aromatic rings. The van der Waals surface area contributed by atoms with Crippen molar-refractivity contribution >= 4 is 23.5 Å². The van der Waals surface area contributed by atoms with Crippen molar-refractivity contribution in [2.45, 2.75) is 24.5 Å². The lowest BCUT2D eigenvalue weighted by Crippen LogP contribution is -2.37. The summed E-state index contributed by atoms with van der Waals surface area (Å²) in [6.07, 6.45) is -5.72. The standard InChI is InChI=1S/C10H17N2O16P3/c13-4-25-31(23,28-30(21,22)27-29(18,19)20)24-3-5-7(15)8(16)9(26-5)12-2-1-6(14)11-10(12)17/h1-2,5,7-9,13,15-16H,3-4H2,(H,21,22)(H,11,14,17)(H2,18,19,20)/t5-,7-,8-,9-,31?/m1/s1. The molecule has 18 nitrogen and oxygen atoms in total. The molecule has 6 atom stereocenters. The van der Waals surface area contributed by atoms with E-state index in [1.165, 1.54) is 0 Å². The maximum absolute atomic E-state index is 12.3. The van der Waals surface area contributed by atoms with Crippen molar-refractivity contribution in [2.24, 2.45) is 0 Å². The van der Waals surface area contributed by atoms with Crippen LogP contribution in [0.3, 0.4) is 0 Å². The highest BCUT2D eigenvalue weighted by molar-refractivity contribution is 7.66. The van der Waals surface area contributed by atoms with Gasteiger partial charge in [0.25, 0.3) is 5.56 Å². The number of aromatic nitrogens is 2. The fraction of sp³-hybridized carbons (Fsp3) is 0.600. The molecule has 1 aliphatic heterocycles. The number of hydrogen-bond acceptors (Lipinski definition) is 13. The van der Waals surface area contributed by atoms with Crippen molar-refractivity contribution in [3.63, 3.8) is 0 Å². The predicted octanol–water partition coefficient (Wildman–Crippen LogP) is -2.53. The molecule has 1 aromatic heterocycles. The highest BCUT2D eigenvalue weighted by Gasteiger charge is 2.47. The lowest BCUT2D eigenvalue weighted by atomic mass is 10.1. The first-order valence-corrected chi connectivity index (χ1v) is 12.3. The molecule has 0 radical (unpaired) electrons. The number of ether oxygens (including phenoxy) is 1. The van der Waals surface area contributed by atoms with Crippen molar-refractivity contribution in [1.82, 2.24) is 9.55 Å². The first-order chi connectivity index (χ1) is 14.2. The highest BCUT2D eigenvalue weighted by Crippen LogP contribution is 2.68. The van der Waals surface area contributed by atoms with Gasteiger partial charge in [0.2, 0.25) is 0 Å². The number of phosphoric acid groups is 3. The van der Waals surface area contributed by atoms with E-state index in [0.29, 0.717) is 4.57 Å². The van der Waals surface area contributed by atoms with Gasteiger partial charge in [-0.2, -0.15) is 8.62 Å². The molecule has 2 unspecified atom stereocenters. The predicted molar refractivity (Wildman–Crippen MR) is 93.0 cm³/mol. The summed E-state index contributed by atoms with van der Waals surface area (Å²) in [6.45, 7) is -2.43. The Morgan fingerprint density at radius 3 is 2.26 bits per heavy atom. The summed E-state index contributed by atoms with van der Waals surface area (Å²) in [5.41, 5.74) is -1.75. The Morgan fingerprint density at radius 1 is 1.06 bits per heavy atom. The van der Waals surface area contributed by atoms with Crippen LogP contribution < -0.4 is 11.2 Å². The summed E-state index contributed by atoms with van der Waals surface area (Å²) >= 11 is 0.